The standard InChI is InChI=1S/C21H24N2O2/c24-21(22-25)13-10-18-8-11-19(12-9-18)20-7-4-15-23(20)16-14-17-5-2-1-3-6-17/h1-3,5-6,8-13,20,25H,4,7,14-16H2,(H,22,24)/b13-10+. The number of nitrogens with zero attached hydrogens (tertiary/aromatic N) is 1. The fraction of sp³-hybridized carbons (Fsp3) is 0.286. The van der Waals surface area contributed by atoms with Crippen molar-refractivity contribution in [3.8, 4) is 0 Å². The first kappa shape index (κ1) is 17.4. The van der Waals surface area contributed by atoms with Gasteiger partial charge in [-0.15, -0.1) is 0 Å². The maximum atomic E-state index is 11.0. The molecule has 2 N–H and O–H groups in total. The van der Waals surface area contributed by atoms with Crippen LogP contribution in [0.5, 0.6) is 0 Å². The Labute approximate surface area is 148 Å². The summed E-state index contributed by atoms with van der Waals surface area (Å²) in [5.74, 6) is -0.521. The molecular weight excluding hydrogens is 312 g/mol. The molecule has 2 aromatic carbocycles. The second-order valence-electron chi connectivity index (χ2n) is 6.41. The summed E-state index contributed by atoms with van der Waals surface area (Å²) in [6.45, 7) is 2.23. The molecule has 1 fully saturated rings. The number of benzene rings is 2. The minimum absolute atomic E-state index is 0.475. The lowest BCUT2D eigenvalue weighted by molar-refractivity contribution is -0.124. The van der Waals surface area contributed by atoms with E-state index in [2.05, 4.69) is 47.4 Å². The lowest BCUT2D eigenvalue weighted by atomic mass is 10.0. The van der Waals surface area contributed by atoms with Gasteiger partial charge in [0, 0.05) is 18.7 Å². The molecule has 1 atom stereocenters. The molecule has 2 aromatic rings. The van der Waals surface area contributed by atoms with Gasteiger partial charge in [0.2, 0.25) is 0 Å². The van der Waals surface area contributed by atoms with Crippen molar-refractivity contribution in [3.63, 3.8) is 0 Å². The summed E-state index contributed by atoms with van der Waals surface area (Å²) in [5.41, 5.74) is 5.25. The van der Waals surface area contributed by atoms with E-state index < -0.39 is 5.91 Å². The van der Waals surface area contributed by atoms with Gasteiger partial charge in [-0.1, -0.05) is 54.6 Å². The molecule has 130 valence electrons. The molecule has 1 amide bonds. The minimum atomic E-state index is -0.521. The zero-order valence-electron chi connectivity index (χ0n) is 14.3. The first-order valence-electron chi connectivity index (χ1n) is 8.76. The first-order chi connectivity index (χ1) is 12.3. The number of nitrogens with one attached hydrogen (secondary N) is 1. The van der Waals surface area contributed by atoms with Crippen LogP contribution in [0.25, 0.3) is 6.08 Å². The molecular formula is C21H24N2O2. The van der Waals surface area contributed by atoms with Crippen LogP contribution in [-0.2, 0) is 11.2 Å². The fourth-order valence-corrected chi connectivity index (χ4v) is 3.43. The van der Waals surface area contributed by atoms with E-state index in [9.17, 15) is 4.79 Å². The van der Waals surface area contributed by atoms with Gasteiger partial charge in [-0.05, 0) is 48.6 Å². The van der Waals surface area contributed by atoms with Crippen molar-refractivity contribution < 1.29 is 10.0 Å². The quantitative estimate of drug-likeness (QED) is 0.481. The number of amides is 1. The van der Waals surface area contributed by atoms with Gasteiger partial charge >= 0.3 is 0 Å². The number of hydroxylamine groups is 1. The van der Waals surface area contributed by atoms with Gasteiger partial charge in [0.1, 0.15) is 0 Å². The van der Waals surface area contributed by atoms with Crippen LogP contribution in [0.4, 0.5) is 0 Å². The molecule has 0 spiro atoms. The van der Waals surface area contributed by atoms with Gasteiger partial charge in [0.15, 0.2) is 0 Å². The van der Waals surface area contributed by atoms with E-state index in [-0.39, 0.29) is 0 Å². The van der Waals surface area contributed by atoms with Crippen LogP contribution in [-0.4, -0.2) is 29.1 Å². The predicted octanol–water partition coefficient (Wildman–Crippen LogP) is 3.58. The Kier molecular flexibility index (Phi) is 5.99. The molecule has 0 aromatic heterocycles. The van der Waals surface area contributed by atoms with Crippen LogP contribution in [0.3, 0.4) is 0 Å². The predicted molar refractivity (Wildman–Crippen MR) is 99.1 cm³/mol. The highest BCUT2D eigenvalue weighted by atomic mass is 16.5. The maximum Gasteiger partial charge on any atom is 0.267 e. The monoisotopic (exact) mass is 336 g/mol. The van der Waals surface area contributed by atoms with Crippen LogP contribution in [0, 0.1) is 0 Å². The second kappa shape index (κ2) is 8.60. The summed E-state index contributed by atoms with van der Waals surface area (Å²) in [7, 11) is 0. The fourth-order valence-electron chi connectivity index (χ4n) is 3.43. The first-order valence-corrected chi connectivity index (χ1v) is 8.76. The highest BCUT2D eigenvalue weighted by Gasteiger charge is 2.25. The third kappa shape index (κ3) is 4.78. The Balaban J connectivity index is 1.61. The number of rotatable bonds is 6. The van der Waals surface area contributed by atoms with Gasteiger partial charge in [-0.3, -0.25) is 14.9 Å². The van der Waals surface area contributed by atoms with Crippen LogP contribution < -0.4 is 5.48 Å². The van der Waals surface area contributed by atoms with Gasteiger partial charge < -0.3 is 0 Å². The molecule has 1 aliphatic rings. The van der Waals surface area contributed by atoms with E-state index in [1.54, 1.807) is 11.6 Å². The van der Waals surface area contributed by atoms with Crippen LogP contribution in [0.2, 0.25) is 0 Å². The summed E-state index contributed by atoms with van der Waals surface area (Å²) in [6, 6.07) is 19.4. The average molecular weight is 336 g/mol. The van der Waals surface area contributed by atoms with Crippen molar-refractivity contribution in [1.29, 1.82) is 0 Å². The molecule has 1 saturated heterocycles. The Morgan fingerprint density at radius 1 is 1.16 bits per heavy atom. The maximum absolute atomic E-state index is 11.0. The van der Waals surface area contributed by atoms with E-state index in [1.165, 1.54) is 30.0 Å². The topological polar surface area (TPSA) is 52.6 Å². The Bertz CT molecular complexity index is 710. The third-order valence-corrected chi connectivity index (χ3v) is 4.75. The van der Waals surface area contributed by atoms with Crippen molar-refractivity contribution >= 4 is 12.0 Å². The summed E-state index contributed by atoms with van der Waals surface area (Å²) in [6.07, 6.45) is 6.51. The number of carbonyl (C=O) groups is 1. The summed E-state index contributed by atoms with van der Waals surface area (Å²) >= 11 is 0. The minimum Gasteiger partial charge on any atom is -0.296 e. The second-order valence-corrected chi connectivity index (χ2v) is 6.41. The molecule has 0 aliphatic carbocycles. The summed E-state index contributed by atoms with van der Waals surface area (Å²) in [5, 5.41) is 8.51. The number of likely N-dealkylation sites (tertiary alicyclic amines) is 1. The molecule has 1 aliphatic heterocycles. The molecule has 0 bridgehead atoms. The number of hydrogen-bond donors (Lipinski definition) is 2. The van der Waals surface area contributed by atoms with E-state index in [1.807, 2.05) is 12.1 Å². The Morgan fingerprint density at radius 2 is 1.92 bits per heavy atom. The van der Waals surface area contributed by atoms with Gasteiger partial charge in [0.25, 0.3) is 5.91 Å². The molecule has 1 heterocycles. The Morgan fingerprint density at radius 3 is 2.64 bits per heavy atom. The van der Waals surface area contributed by atoms with Gasteiger partial charge in [0.05, 0.1) is 0 Å². The zero-order valence-corrected chi connectivity index (χ0v) is 14.3. The third-order valence-electron chi connectivity index (χ3n) is 4.75. The zero-order chi connectivity index (χ0) is 17.5. The molecule has 4 nitrogen and oxygen atoms in total. The molecule has 3 rings (SSSR count). The van der Waals surface area contributed by atoms with Crippen molar-refractivity contribution in [2.24, 2.45) is 0 Å². The SMILES string of the molecule is O=C(/C=C/c1ccc(C2CCCN2CCc2ccccc2)cc1)NO. The highest BCUT2D eigenvalue weighted by molar-refractivity contribution is 5.90. The van der Waals surface area contributed by atoms with Gasteiger partial charge in [-0.25, -0.2) is 5.48 Å². The highest BCUT2D eigenvalue weighted by Crippen LogP contribution is 2.32. The molecule has 1 unspecified atom stereocenters. The Hall–Kier alpha value is -2.43. The molecule has 4 heteroatoms. The largest absolute Gasteiger partial charge is 0.296 e. The van der Waals surface area contributed by atoms with Crippen molar-refractivity contribution in [2.75, 3.05) is 13.1 Å². The van der Waals surface area contributed by atoms with E-state index in [4.69, 9.17) is 5.21 Å². The van der Waals surface area contributed by atoms with Crippen molar-refractivity contribution in [1.82, 2.24) is 10.4 Å². The number of hydrogen-bond acceptors (Lipinski definition) is 3. The van der Waals surface area contributed by atoms with E-state index in [0.717, 1.165) is 25.1 Å². The molecule has 0 saturated carbocycles. The smallest absolute Gasteiger partial charge is 0.267 e. The van der Waals surface area contributed by atoms with Crippen LogP contribution in [0.15, 0.2) is 60.7 Å². The van der Waals surface area contributed by atoms with Gasteiger partial charge in [-0.2, -0.15) is 0 Å². The summed E-state index contributed by atoms with van der Waals surface area (Å²) < 4.78 is 0. The summed E-state index contributed by atoms with van der Waals surface area (Å²) in [4.78, 5) is 13.6. The van der Waals surface area contributed by atoms with E-state index in [0.29, 0.717) is 6.04 Å². The average Bonchev–Trinajstić information content (AvgIpc) is 3.14. The van der Waals surface area contributed by atoms with Crippen molar-refractivity contribution in [3.05, 3.63) is 77.4 Å². The lowest BCUT2D eigenvalue weighted by Gasteiger charge is -2.25. The van der Waals surface area contributed by atoms with Crippen LogP contribution >= 0.6 is 0 Å². The van der Waals surface area contributed by atoms with Crippen LogP contribution in [0.1, 0.15) is 35.6 Å². The lowest BCUT2D eigenvalue weighted by Crippen LogP contribution is -2.25. The molecule has 0 radical (unpaired) electrons. The van der Waals surface area contributed by atoms with E-state index >= 15 is 0 Å². The number of carbonyl (C=O) groups excluding carboxylic acids is 1. The normalized spacial score (nSPS) is 17.9. The van der Waals surface area contributed by atoms with Crippen molar-refractivity contribution in [2.45, 2.75) is 25.3 Å². The molecule has 25 heavy (non-hydrogen) atoms.